The maximum Gasteiger partial charge on any atom is 0.356 e. The Balaban J connectivity index is 1.80. The highest BCUT2D eigenvalue weighted by Gasteiger charge is 2.26. The third-order valence-electron chi connectivity index (χ3n) is 5.61. The topological polar surface area (TPSA) is 123 Å². The molecule has 1 amide bonds. The number of imidazole rings is 1. The van der Waals surface area contributed by atoms with Gasteiger partial charge in [-0.2, -0.15) is 0 Å². The van der Waals surface area contributed by atoms with Gasteiger partial charge in [-0.25, -0.2) is 9.78 Å². The van der Waals surface area contributed by atoms with E-state index in [0.717, 1.165) is 24.1 Å². The molecule has 0 saturated carbocycles. The second-order valence-corrected chi connectivity index (χ2v) is 7.59. The SMILES string of the molecule is CC(=O)N1CCC(=NC2CCOCC2)C(=C(N)c2cccn3cc(C(=O)O)nc23)C1. The van der Waals surface area contributed by atoms with Gasteiger partial charge in [0.1, 0.15) is 5.65 Å². The molecule has 4 heterocycles. The van der Waals surface area contributed by atoms with E-state index in [-0.39, 0.29) is 17.6 Å². The van der Waals surface area contributed by atoms with E-state index in [0.29, 0.717) is 49.6 Å². The largest absolute Gasteiger partial charge is 0.476 e. The minimum Gasteiger partial charge on any atom is -0.476 e. The molecule has 0 bridgehead atoms. The lowest BCUT2D eigenvalue weighted by atomic mass is 9.96. The minimum absolute atomic E-state index is 0.0161. The summed E-state index contributed by atoms with van der Waals surface area (Å²) >= 11 is 0. The van der Waals surface area contributed by atoms with Crippen molar-refractivity contribution in [3.63, 3.8) is 0 Å². The second-order valence-electron chi connectivity index (χ2n) is 7.59. The zero-order valence-corrected chi connectivity index (χ0v) is 16.9. The van der Waals surface area contributed by atoms with Gasteiger partial charge >= 0.3 is 5.97 Å². The number of hydrogen-bond acceptors (Lipinski definition) is 6. The number of aliphatic imine (C=N–C) groups is 1. The zero-order valence-electron chi connectivity index (χ0n) is 16.9. The predicted octanol–water partition coefficient (Wildman–Crippen LogP) is 1.57. The summed E-state index contributed by atoms with van der Waals surface area (Å²) in [5.74, 6) is -1.12. The lowest BCUT2D eigenvalue weighted by Crippen LogP contribution is -2.40. The van der Waals surface area contributed by atoms with Crippen molar-refractivity contribution in [1.29, 1.82) is 0 Å². The van der Waals surface area contributed by atoms with E-state index in [1.807, 2.05) is 6.07 Å². The van der Waals surface area contributed by atoms with Crippen molar-refractivity contribution in [1.82, 2.24) is 14.3 Å². The van der Waals surface area contributed by atoms with Crippen LogP contribution in [0.4, 0.5) is 0 Å². The first kappa shape index (κ1) is 20.1. The van der Waals surface area contributed by atoms with Crippen molar-refractivity contribution in [2.24, 2.45) is 10.7 Å². The summed E-state index contributed by atoms with van der Waals surface area (Å²) in [6, 6.07) is 3.79. The maximum atomic E-state index is 12.0. The second kappa shape index (κ2) is 8.27. The number of carbonyl (C=O) groups excluding carboxylic acids is 1. The molecule has 2 fully saturated rings. The molecule has 0 aliphatic carbocycles. The Morgan fingerprint density at radius 2 is 2.10 bits per heavy atom. The van der Waals surface area contributed by atoms with Gasteiger partial charge in [0, 0.05) is 74.6 Å². The van der Waals surface area contributed by atoms with E-state index >= 15 is 0 Å². The molecular formula is C21H25N5O4. The van der Waals surface area contributed by atoms with Crippen LogP contribution in [0.5, 0.6) is 0 Å². The van der Waals surface area contributed by atoms with Crippen molar-refractivity contribution >= 4 is 28.9 Å². The average Bonchev–Trinajstić information content (AvgIpc) is 3.19. The van der Waals surface area contributed by atoms with Gasteiger partial charge in [0.25, 0.3) is 0 Å². The molecule has 4 rings (SSSR count). The van der Waals surface area contributed by atoms with Crippen LogP contribution in [0.1, 0.15) is 42.2 Å². The number of aromatic carboxylic acids is 1. The van der Waals surface area contributed by atoms with Crippen molar-refractivity contribution in [3.8, 4) is 0 Å². The van der Waals surface area contributed by atoms with Crippen LogP contribution in [0.15, 0.2) is 35.1 Å². The van der Waals surface area contributed by atoms with Gasteiger partial charge in [-0.1, -0.05) is 0 Å². The van der Waals surface area contributed by atoms with Crippen LogP contribution in [0.25, 0.3) is 11.3 Å². The summed E-state index contributed by atoms with van der Waals surface area (Å²) in [5.41, 5.74) is 9.84. The fourth-order valence-electron chi connectivity index (χ4n) is 3.93. The van der Waals surface area contributed by atoms with Crippen LogP contribution < -0.4 is 5.73 Å². The first-order valence-electron chi connectivity index (χ1n) is 10.0. The van der Waals surface area contributed by atoms with Gasteiger partial charge < -0.3 is 24.9 Å². The molecule has 9 nitrogen and oxygen atoms in total. The third-order valence-corrected chi connectivity index (χ3v) is 5.61. The smallest absolute Gasteiger partial charge is 0.356 e. The summed E-state index contributed by atoms with van der Waals surface area (Å²) in [6.45, 7) is 3.91. The number of carboxylic acid groups (broad SMARTS) is 1. The van der Waals surface area contributed by atoms with Crippen molar-refractivity contribution in [3.05, 3.63) is 41.4 Å². The van der Waals surface area contributed by atoms with E-state index < -0.39 is 5.97 Å². The fourth-order valence-corrected chi connectivity index (χ4v) is 3.93. The number of carboxylic acids is 1. The monoisotopic (exact) mass is 411 g/mol. The summed E-state index contributed by atoms with van der Waals surface area (Å²) in [6.07, 6.45) is 5.55. The summed E-state index contributed by atoms with van der Waals surface area (Å²) in [7, 11) is 0. The quantitative estimate of drug-likeness (QED) is 0.791. The van der Waals surface area contributed by atoms with Gasteiger partial charge in [0.05, 0.1) is 6.04 Å². The van der Waals surface area contributed by atoms with E-state index in [1.165, 1.54) is 6.20 Å². The number of likely N-dealkylation sites (tertiary alicyclic amines) is 1. The average molecular weight is 411 g/mol. The Hall–Kier alpha value is -3.20. The van der Waals surface area contributed by atoms with Crippen LogP contribution in [0.2, 0.25) is 0 Å². The van der Waals surface area contributed by atoms with Crippen LogP contribution >= 0.6 is 0 Å². The fraction of sp³-hybridized carbons (Fsp3) is 0.429. The molecular weight excluding hydrogens is 386 g/mol. The summed E-state index contributed by atoms with van der Waals surface area (Å²) in [5, 5.41) is 9.29. The normalized spacial score (nSPS) is 21.2. The molecule has 0 atom stereocenters. The summed E-state index contributed by atoms with van der Waals surface area (Å²) < 4.78 is 7.08. The Labute approximate surface area is 173 Å². The minimum atomic E-state index is -1.10. The lowest BCUT2D eigenvalue weighted by molar-refractivity contribution is -0.128. The van der Waals surface area contributed by atoms with Crippen LogP contribution in [0, 0.1) is 0 Å². The number of fused-ring (bicyclic) bond motifs is 1. The van der Waals surface area contributed by atoms with Gasteiger partial charge in [0.2, 0.25) is 5.91 Å². The van der Waals surface area contributed by atoms with Gasteiger partial charge in [0.15, 0.2) is 5.69 Å². The van der Waals surface area contributed by atoms with Crippen LogP contribution in [0.3, 0.4) is 0 Å². The van der Waals surface area contributed by atoms with Gasteiger partial charge in [-0.3, -0.25) is 9.79 Å². The molecule has 2 aliphatic rings. The molecule has 0 spiro atoms. The Bertz CT molecular complexity index is 1050. The van der Waals surface area contributed by atoms with Gasteiger partial charge in [-0.05, 0) is 25.0 Å². The molecule has 0 unspecified atom stereocenters. The number of pyridine rings is 1. The Kier molecular flexibility index (Phi) is 5.54. The number of amides is 1. The van der Waals surface area contributed by atoms with E-state index in [1.54, 1.807) is 28.5 Å². The van der Waals surface area contributed by atoms with Crippen molar-refractivity contribution in [2.75, 3.05) is 26.3 Å². The van der Waals surface area contributed by atoms with E-state index in [2.05, 4.69) is 4.98 Å². The third kappa shape index (κ3) is 3.93. The van der Waals surface area contributed by atoms with Crippen molar-refractivity contribution in [2.45, 2.75) is 32.2 Å². The number of rotatable bonds is 3. The molecule has 9 heteroatoms. The number of hydrogen-bond donors (Lipinski definition) is 2. The highest BCUT2D eigenvalue weighted by molar-refractivity contribution is 6.08. The number of ether oxygens (including phenoxy) is 1. The molecule has 0 aromatic carbocycles. The highest BCUT2D eigenvalue weighted by Crippen LogP contribution is 2.26. The zero-order chi connectivity index (χ0) is 21.3. The van der Waals surface area contributed by atoms with Gasteiger partial charge in [-0.15, -0.1) is 0 Å². The molecule has 3 N–H and O–H groups in total. The van der Waals surface area contributed by atoms with Crippen LogP contribution in [-0.4, -0.2) is 69.3 Å². The molecule has 30 heavy (non-hydrogen) atoms. The van der Waals surface area contributed by atoms with Crippen molar-refractivity contribution < 1.29 is 19.4 Å². The molecule has 2 aromatic heterocycles. The standard InChI is InChI=1S/C21H25N5O4/c1-13(27)25-8-4-17(23-14-5-9-30-10-6-14)16(11-25)19(22)15-3-2-7-26-12-18(21(28)29)24-20(15)26/h2-3,7,12,14H,4-6,8-11,22H2,1H3,(H,28,29). The molecule has 2 saturated heterocycles. The number of nitrogens with zero attached hydrogens (tertiary/aromatic N) is 4. The molecule has 158 valence electrons. The predicted molar refractivity (Wildman–Crippen MR) is 111 cm³/mol. The lowest BCUT2D eigenvalue weighted by Gasteiger charge is -2.31. The van der Waals surface area contributed by atoms with E-state index in [9.17, 15) is 14.7 Å². The number of nitrogens with two attached hydrogens (primary N) is 1. The summed E-state index contributed by atoms with van der Waals surface area (Å²) in [4.78, 5) is 34.3. The number of piperidine rings is 1. The van der Waals surface area contributed by atoms with Crippen LogP contribution in [-0.2, 0) is 9.53 Å². The highest BCUT2D eigenvalue weighted by atomic mass is 16.5. The first-order valence-corrected chi connectivity index (χ1v) is 10.0. The molecule has 2 aromatic rings. The maximum absolute atomic E-state index is 12.0. The Morgan fingerprint density at radius 1 is 1.33 bits per heavy atom. The Morgan fingerprint density at radius 3 is 2.80 bits per heavy atom. The number of aromatic nitrogens is 2. The first-order chi connectivity index (χ1) is 14.4. The molecule has 2 aliphatic heterocycles. The number of carbonyl (C=O) groups is 2. The molecule has 0 radical (unpaired) electrons. The van der Waals surface area contributed by atoms with E-state index in [4.69, 9.17) is 15.5 Å².